The van der Waals surface area contributed by atoms with E-state index < -0.39 is 5.60 Å². The molecule has 2 aromatic rings. The second kappa shape index (κ2) is 3.12. The number of aryl methyl sites for hydroxylation is 1. The Labute approximate surface area is 93.5 Å². The molecule has 0 radical (unpaired) electrons. The Morgan fingerprint density at radius 2 is 2.19 bits per heavy atom. The molecule has 0 aliphatic heterocycles. The number of rotatable bonds is 1. The summed E-state index contributed by atoms with van der Waals surface area (Å²) in [5.41, 5.74) is 8.47. The zero-order valence-corrected chi connectivity index (χ0v) is 8.81. The third-order valence-electron chi connectivity index (χ3n) is 3.33. The molecular weight excluding hydrogens is 202 g/mol. The summed E-state index contributed by atoms with van der Waals surface area (Å²) in [7, 11) is 0. The van der Waals surface area contributed by atoms with Crippen LogP contribution in [0.2, 0.25) is 0 Å². The maximum atomic E-state index is 10.7. The largest absolute Gasteiger partial charge is 0.472 e. The maximum Gasteiger partial charge on any atom is 0.118 e. The van der Waals surface area contributed by atoms with Crippen molar-refractivity contribution in [3.8, 4) is 0 Å². The minimum absolute atomic E-state index is 0.686. The molecule has 0 saturated carbocycles. The van der Waals surface area contributed by atoms with Crippen LogP contribution in [0.3, 0.4) is 0 Å². The maximum absolute atomic E-state index is 10.7. The molecule has 0 saturated heterocycles. The van der Waals surface area contributed by atoms with Crippen molar-refractivity contribution in [3.05, 3.63) is 53.5 Å². The Morgan fingerprint density at radius 3 is 2.94 bits per heavy atom. The van der Waals surface area contributed by atoms with Crippen molar-refractivity contribution in [1.82, 2.24) is 0 Å². The summed E-state index contributed by atoms with van der Waals surface area (Å²) >= 11 is 0. The van der Waals surface area contributed by atoms with Gasteiger partial charge in [0.25, 0.3) is 0 Å². The summed E-state index contributed by atoms with van der Waals surface area (Å²) < 4.78 is 5.05. The molecule has 1 atom stereocenters. The van der Waals surface area contributed by atoms with Crippen LogP contribution in [0.25, 0.3) is 0 Å². The van der Waals surface area contributed by atoms with E-state index in [1.807, 2.05) is 24.3 Å². The Morgan fingerprint density at radius 1 is 1.31 bits per heavy atom. The average Bonchev–Trinajstić information content (AvgIpc) is 2.87. The second-order valence-corrected chi connectivity index (χ2v) is 4.29. The Balaban J connectivity index is 2.15. The third kappa shape index (κ3) is 1.18. The van der Waals surface area contributed by atoms with Gasteiger partial charge in [-0.25, -0.2) is 0 Å². The fourth-order valence-corrected chi connectivity index (χ4v) is 2.47. The number of fused-ring (bicyclic) bond motifs is 1. The molecule has 1 heterocycles. The third-order valence-corrected chi connectivity index (χ3v) is 3.33. The van der Waals surface area contributed by atoms with E-state index in [1.165, 1.54) is 0 Å². The zero-order valence-electron chi connectivity index (χ0n) is 8.81. The number of hydrogen-bond donors (Lipinski definition) is 2. The lowest BCUT2D eigenvalue weighted by Crippen LogP contribution is -2.22. The number of aliphatic hydroxyl groups is 1. The monoisotopic (exact) mass is 215 g/mol. The molecule has 16 heavy (non-hydrogen) atoms. The number of nitrogens with two attached hydrogens (primary N) is 1. The molecule has 1 unspecified atom stereocenters. The highest BCUT2D eigenvalue weighted by atomic mass is 16.3. The molecule has 0 fully saturated rings. The number of hydrogen-bond acceptors (Lipinski definition) is 3. The minimum atomic E-state index is -0.907. The Bertz CT molecular complexity index is 519. The van der Waals surface area contributed by atoms with Gasteiger partial charge in [-0.2, -0.15) is 0 Å². The molecule has 0 bridgehead atoms. The van der Waals surface area contributed by atoms with E-state index in [9.17, 15) is 5.11 Å². The molecule has 3 N–H and O–H groups in total. The summed E-state index contributed by atoms with van der Waals surface area (Å²) in [6.07, 6.45) is 4.72. The van der Waals surface area contributed by atoms with Gasteiger partial charge >= 0.3 is 0 Å². The van der Waals surface area contributed by atoms with Gasteiger partial charge in [0.05, 0.1) is 12.5 Å². The van der Waals surface area contributed by atoms with Crippen molar-refractivity contribution in [3.63, 3.8) is 0 Å². The predicted octanol–water partition coefficient (Wildman–Crippen LogP) is 2.04. The normalized spacial score (nSPS) is 23.3. The summed E-state index contributed by atoms with van der Waals surface area (Å²) in [6, 6.07) is 7.48. The van der Waals surface area contributed by atoms with E-state index in [0.29, 0.717) is 6.42 Å². The number of benzene rings is 1. The van der Waals surface area contributed by atoms with Crippen LogP contribution in [0.15, 0.2) is 41.2 Å². The van der Waals surface area contributed by atoms with Gasteiger partial charge in [0.15, 0.2) is 0 Å². The molecule has 3 nitrogen and oxygen atoms in total. The van der Waals surface area contributed by atoms with Crippen LogP contribution in [0.5, 0.6) is 0 Å². The van der Waals surface area contributed by atoms with Gasteiger partial charge in [0.1, 0.15) is 5.60 Å². The number of nitrogen functional groups attached to an aromatic ring is 1. The predicted molar refractivity (Wildman–Crippen MR) is 60.9 cm³/mol. The molecule has 82 valence electrons. The second-order valence-electron chi connectivity index (χ2n) is 4.29. The fourth-order valence-electron chi connectivity index (χ4n) is 2.47. The molecule has 0 amide bonds. The van der Waals surface area contributed by atoms with Gasteiger partial charge < -0.3 is 15.3 Å². The van der Waals surface area contributed by atoms with Crippen molar-refractivity contribution in [1.29, 1.82) is 0 Å². The van der Waals surface area contributed by atoms with Gasteiger partial charge in [-0.15, -0.1) is 0 Å². The fraction of sp³-hybridized carbons (Fsp3) is 0.231. The lowest BCUT2D eigenvalue weighted by atomic mass is 9.90. The molecule has 1 aromatic heterocycles. The van der Waals surface area contributed by atoms with E-state index in [-0.39, 0.29) is 0 Å². The van der Waals surface area contributed by atoms with Crippen LogP contribution in [0, 0.1) is 0 Å². The van der Waals surface area contributed by atoms with Crippen molar-refractivity contribution >= 4 is 5.69 Å². The number of anilines is 1. The summed E-state index contributed by atoms with van der Waals surface area (Å²) in [6.45, 7) is 0. The highest BCUT2D eigenvalue weighted by Gasteiger charge is 2.38. The van der Waals surface area contributed by atoms with Crippen molar-refractivity contribution in [2.75, 3.05) is 5.73 Å². The molecule has 1 aromatic carbocycles. The first kappa shape index (κ1) is 9.48. The van der Waals surface area contributed by atoms with Crippen molar-refractivity contribution < 1.29 is 9.52 Å². The van der Waals surface area contributed by atoms with Crippen LogP contribution in [-0.4, -0.2) is 5.11 Å². The van der Waals surface area contributed by atoms with Crippen LogP contribution in [0.4, 0.5) is 5.69 Å². The van der Waals surface area contributed by atoms with Crippen molar-refractivity contribution in [2.45, 2.75) is 18.4 Å². The first-order valence-electron chi connectivity index (χ1n) is 5.34. The molecule has 1 aliphatic rings. The minimum Gasteiger partial charge on any atom is -0.472 e. The lowest BCUT2D eigenvalue weighted by Gasteiger charge is -2.22. The van der Waals surface area contributed by atoms with Crippen LogP contribution in [0.1, 0.15) is 23.1 Å². The summed E-state index contributed by atoms with van der Waals surface area (Å²) in [5, 5.41) is 10.7. The molecule has 3 heteroatoms. The van der Waals surface area contributed by atoms with E-state index in [4.69, 9.17) is 10.2 Å². The van der Waals surface area contributed by atoms with E-state index >= 15 is 0 Å². The topological polar surface area (TPSA) is 59.4 Å². The first-order valence-corrected chi connectivity index (χ1v) is 5.34. The lowest BCUT2D eigenvalue weighted by molar-refractivity contribution is 0.0823. The average molecular weight is 215 g/mol. The molecular formula is C13H13NO2. The standard InChI is InChI=1S/C13H13NO2/c14-11-1-2-12-9(7-11)3-5-13(12,15)10-4-6-16-8-10/h1-2,4,6-8,15H,3,5,14H2. The smallest absolute Gasteiger partial charge is 0.118 e. The Hall–Kier alpha value is -1.74. The summed E-state index contributed by atoms with van der Waals surface area (Å²) in [5.74, 6) is 0. The molecule has 0 spiro atoms. The van der Waals surface area contributed by atoms with Crippen molar-refractivity contribution in [2.24, 2.45) is 0 Å². The van der Waals surface area contributed by atoms with Gasteiger partial charge in [-0.1, -0.05) is 6.07 Å². The van der Waals surface area contributed by atoms with Gasteiger partial charge in [0.2, 0.25) is 0 Å². The van der Waals surface area contributed by atoms with Crippen LogP contribution < -0.4 is 5.73 Å². The zero-order chi connectivity index (χ0) is 11.2. The Kier molecular flexibility index (Phi) is 1.85. The highest BCUT2D eigenvalue weighted by Crippen LogP contribution is 2.42. The first-order chi connectivity index (χ1) is 7.70. The van der Waals surface area contributed by atoms with Gasteiger partial charge in [-0.3, -0.25) is 0 Å². The quantitative estimate of drug-likeness (QED) is 0.716. The SMILES string of the molecule is Nc1ccc2c(c1)CCC2(O)c1ccoc1. The molecule has 3 rings (SSSR count). The van der Waals surface area contributed by atoms with E-state index in [1.54, 1.807) is 12.5 Å². The van der Waals surface area contributed by atoms with E-state index in [0.717, 1.165) is 28.8 Å². The van der Waals surface area contributed by atoms with Gasteiger partial charge in [-0.05, 0) is 42.2 Å². The van der Waals surface area contributed by atoms with Crippen LogP contribution >= 0.6 is 0 Å². The molecule has 1 aliphatic carbocycles. The van der Waals surface area contributed by atoms with E-state index in [2.05, 4.69) is 0 Å². The highest BCUT2D eigenvalue weighted by molar-refractivity contribution is 5.51. The summed E-state index contributed by atoms with van der Waals surface area (Å²) in [4.78, 5) is 0. The van der Waals surface area contributed by atoms with Gasteiger partial charge in [0, 0.05) is 11.3 Å². The number of furan rings is 1. The van der Waals surface area contributed by atoms with Crippen LogP contribution in [-0.2, 0) is 12.0 Å².